The lowest BCUT2D eigenvalue weighted by molar-refractivity contribution is -0.152. The Hall–Kier alpha value is -0.610. The number of rotatable bonds is 7. The zero-order chi connectivity index (χ0) is 11.6. The Bertz CT molecular complexity index is 261. The SMILES string of the molecule is CNC(COCC1CC1)(C(=O)OC)C1CC1. The smallest absolute Gasteiger partial charge is 0.328 e. The van der Waals surface area contributed by atoms with Crippen LogP contribution < -0.4 is 5.32 Å². The van der Waals surface area contributed by atoms with E-state index in [1.54, 1.807) is 0 Å². The topological polar surface area (TPSA) is 47.6 Å². The summed E-state index contributed by atoms with van der Waals surface area (Å²) in [5.74, 6) is 0.920. The van der Waals surface area contributed by atoms with Crippen LogP contribution in [0.15, 0.2) is 0 Å². The molecule has 0 aliphatic heterocycles. The molecule has 0 radical (unpaired) electrons. The Labute approximate surface area is 96.7 Å². The van der Waals surface area contributed by atoms with E-state index >= 15 is 0 Å². The van der Waals surface area contributed by atoms with Gasteiger partial charge in [0.25, 0.3) is 0 Å². The Morgan fingerprint density at radius 2 is 2.06 bits per heavy atom. The van der Waals surface area contributed by atoms with Crippen molar-refractivity contribution in [2.24, 2.45) is 11.8 Å². The molecule has 1 atom stereocenters. The van der Waals surface area contributed by atoms with E-state index in [0.717, 1.165) is 25.4 Å². The highest BCUT2D eigenvalue weighted by Gasteiger charge is 2.51. The molecule has 2 fully saturated rings. The normalized spacial score (nSPS) is 23.9. The zero-order valence-corrected chi connectivity index (χ0v) is 10.1. The molecule has 4 heteroatoms. The van der Waals surface area contributed by atoms with E-state index in [0.29, 0.717) is 12.5 Å². The molecule has 0 aromatic heterocycles. The zero-order valence-electron chi connectivity index (χ0n) is 10.1. The Morgan fingerprint density at radius 1 is 1.38 bits per heavy atom. The van der Waals surface area contributed by atoms with Crippen LogP contribution in [-0.4, -0.2) is 38.9 Å². The third-order valence-electron chi connectivity index (χ3n) is 3.65. The van der Waals surface area contributed by atoms with Crippen molar-refractivity contribution in [2.45, 2.75) is 31.2 Å². The minimum absolute atomic E-state index is 0.187. The van der Waals surface area contributed by atoms with Gasteiger partial charge < -0.3 is 14.8 Å². The maximum absolute atomic E-state index is 11.9. The summed E-state index contributed by atoms with van der Waals surface area (Å²) in [7, 11) is 3.26. The van der Waals surface area contributed by atoms with E-state index < -0.39 is 5.54 Å². The highest BCUT2D eigenvalue weighted by atomic mass is 16.5. The van der Waals surface area contributed by atoms with Gasteiger partial charge in [-0.1, -0.05) is 0 Å². The van der Waals surface area contributed by atoms with E-state index in [1.807, 2.05) is 7.05 Å². The fourth-order valence-corrected chi connectivity index (χ4v) is 2.15. The Morgan fingerprint density at radius 3 is 2.50 bits per heavy atom. The van der Waals surface area contributed by atoms with Crippen LogP contribution in [0.3, 0.4) is 0 Å². The number of esters is 1. The number of likely N-dealkylation sites (N-methyl/N-ethyl adjacent to an activating group) is 1. The highest BCUT2D eigenvalue weighted by Crippen LogP contribution is 2.41. The van der Waals surface area contributed by atoms with Crippen LogP contribution in [0, 0.1) is 11.8 Å². The van der Waals surface area contributed by atoms with Crippen molar-refractivity contribution in [3.63, 3.8) is 0 Å². The first-order chi connectivity index (χ1) is 7.73. The van der Waals surface area contributed by atoms with Gasteiger partial charge in [-0.25, -0.2) is 4.79 Å². The Kier molecular flexibility index (Phi) is 3.50. The molecule has 4 nitrogen and oxygen atoms in total. The number of nitrogens with one attached hydrogen (secondary N) is 1. The molecule has 0 aromatic rings. The second-order valence-corrected chi connectivity index (χ2v) is 4.95. The molecule has 2 aliphatic carbocycles. The summed E-state index contributed by atoms with van der Waals surface area (Å²) in [6.45, 7) is 1.23. The molecule has 2 rings (SSSR count). The molecule has 0 amide bonds. The standard InChI is InChI=1S/C12H21NO3/c1-13-12(10-5-6-10,11(14)15-2)8-16-7-9-3-4-9/h9-10,13H,3-8H2,1-2H3. The molecule has 0 heterocycles. The highest BCUT2D eigenvalue weighted by molar-refractivity contribution is 5.82. The van der Waals surface area contributed by atoms with Crippen LogP contribution in [0.1, 0.15) is 25.7 Å². The molecule has 0 aromatic carbocycles. The first-order valence-corrected chi connectivity index (χ1v) is 6.08. The monoisotopic (exact) mass is 227 g/mol. The largest absolute Gasteiger partial charge is 0.468 e. The average molecular weight is 227 g/mol. The molecule has 16 heavy (non-hydrogen) atoms. The van der Waals surface area contributed by atoms with Gasteiger partial charge in [0.1, 0.15) is 5.54 Å². The van der Waals surface area contributed by atoms with Gasteiger partial charge >= 0.3 is 5.97 Å². The molecule has 0 bridgehead atoms. The van der Waals surface area contributed by atoms with E-state index in [1.165, 1.54) is 20.0 Å². The van der Waals surface area contributed by atoms with Gasteiger partial charge in [-0.15, -0.1) is 0 Å². The predicted molar refractivity (Wildman–Crippen MR) is 60.1 cm³/mol. The maximum atomic E-state index is 11.9. The van der Waals surface area contributed by atoms with Gasteiger partial charge in [0, 0.05) is 6.61 Å². The van der Waals surface area contributed by atoms with E-state index in [2.05, 4.69) is 5.32 Å². The minimum atomic E-state index is -0.607. The first-order valence-electron chi connectivity index (χ1n) is 6.08. The molecular formula is C12H21NO3. The summed E-state index contributed by atoms with van der Waals surface area (Å²) in [6, 6.07) is 0. The minimum Gasteiger partial charge on any atom is -0.468 e. The second kappa shape index (κ2) is 4.72. The van der Waals surface area contributed by atoms with Crippen LogP contribution in [0.5, 0.6) is 0 Å². The molecule has 1 N–H and O–H groups in total. The van der Waals surface area contributed by atoms with Crippen LogP contribution in [0.4, 0.5) is 0 Å². The van der Waals surface area contributed by atoms with Gasteiger partial charge in [-0.05, 0) is 44.6 Å². The molecule has 2 saturated carbocycles. The van der Waals surface area contributed by atoms with E-state index in [4.69, 9.17) is 9.47 Å². The second-order valence-electron chi connectivity index (χ2n) is 4.95. The lowest BCUT2D eigenvalue weighted by Crippen LogP contribution is -2.56. The summed E-state index contributed by atoms with van der Waals surface area (Å²) < 4.78 is 10.6. The predicted octanol–water partition coefficient (Wildman–Crippen LogP) is 0.954. The van der Waals surface area contributed by atoms with E-state index in [9.17, 15) is 4.79 Å². The van der Waals surface area contributed by atoms with Gasteiger partial charge in [-0.3, -0.25) is 0 Å². The van der Waals surface area contributed by atoms with Gasteiger partial charge in [0.15, 0.2) is 0 Å². The van der Waals surface area contributed by atoms with Crippen molar-refractivity contribution in [3.8, 4) is 0 Å². The first kappa shape index (κ1) is 11.9. The third kappa shape index (κ3) is 2.38. The quantitative estimate of drug-likeness (QED) is 0.658. The maximum Gasteiger partial charge on any atom is 0.328 e. The van der Waals surface area contributed by atoms with Gasteiger partial charge in [-0.2, -0.15) is 0 Å². The van der Waals surface area contributed by atoms with Gasteiger partial charge in [0.2, 0.25) is 0 Å². The molecule has 0 spiro atoms. The fraction of sp³-hybridized carbons (Fsp3) is 0.917. The molecule has 92 valence electrons. The molecule has 0 saturated heterocycles. The van der Waals surface area contributed by atoms with Crippen molar-refractivity contribution < 1.29 is 14.3 Å². The third-order valence-corrected chi connectivity index (χ3v) is 3.65. The van der Waals surface area contributed by atoms with Crippen molar-refractivity contribution in [1.29, 1.82) is 0 Å². The number of carbonyl (C=O) groups is 1. The number of methoxy groups -OCH3 is 1. The Balaban J connectivity index is 1.91. The average Bonchev–Trinajstić information content (AvgIpc) is 3.16. The lowest BCUT2D eigenvalue weighted by Gasteiger charge is -2.30. The molecule has 2 aliphatic rings. The number of hydrogen-bond donors (Lipinski definition) is 1. The summed E-state index contributed by atoms with van der Waals surface area (Å²) in [6.07, 6.45) is 4.72. The van der Waals surface area contributed by atoms with Crippen LogP contribution in [0.25, 0.3) is 0 Å². The van der Waals surface area contributed by atoms with Crippen molar-refractivity contribution in [1.82, 2.24) is 5.32 Å². The van der Waals surface area contributed by atoms with Crippen molar-refractivity contribution >= 4 is 5.97 Å². The molecule has 1 unspecified atom stereocenters. The number of hydrogen-bond acceptors (Lipinski definition) is 4. The van der Waals surface area contributed by atoms with Crippen molar-refractivity contribution in [2.75, 3.05) is 27.4 Å². The number of ether oxygens (including phenoxy) is 2. The van der Waals surface area contributed by atoms with Crippen LogP contribution in [0.2, 0.25) is 0 Å². The summed E-state index contributed by atoms with van der Waals surface area (Å²) in [4.78, 5) is 11.9. The fourth-order valence-electron chi connectivity index (χ4n) is 2.15. The summed E-state index contributed by atoms with van der Waals surface area (Å²) >= 11 is 0. The summed E-state index contributed by atoms with van der Waals surface area (Å²) in [5.41, 5.74) is -0.607. The van der Waals surface area contributed by atoms with Crippen molar-refractivity contribution in [3.05, 3.63) is 0 Å². The summed E-state index contributed by atoms with van der Waals surface area (Å²) in [5, 5.41) is 3.12. The lowest BCUT2D eigenvalue weighted by atomic mass is 9.94. The number of carbonyl (C=O) groups excluding carboxylic acids is 1. The molecular weight excluding hydrogens is 206 g/mol. The van der Waals surface area contributed by atoms with Crippen LogP contribution in [-0.2, 0) is 14.3 Å². The van der Waals surface area contributed by atoms with Crippen LogP contribution >= 0.6 is 0 Å². The van der Waals surface area contributed by atoms with E-state index in [-0.39, 0.29) is 5.97 Å². The van der Waals surface area contributed by atoms with Gasteiger partial charge in [0.05, 0.1) is 13.7 Å².